The van der Waals surface area contributed by atoms with Crippen molar-refractivity contribution < 1.29 is 22.9 Å². The number of carbonyl (C=O) groups excluding carboxylic acids is 1. The predicted octanol–water partition coefficient (Wildman–Crippen LogP) is 13.2. The van der Waals surface area contributed by atoms with Crippen molar-refractivity contribution in [3.63, 3.8) is 0 Å². The van der Waals surface area contributed by atoms with E-state index >= 15 is 0 Å². The number of rotatable bonds is 41. The van der Waals surface area contributed by atoms with Crippen LogP contribution in [0.25, 0.3) is 0 Å². The molecule has 0 aromatic carbocycles. The Morgan fingerprint density at radius 2 is 0.720 bits per heavy atom. The summed E-state index contributed by atoms with van der Waals surface area (Å²) in [6.07, 6.45) is 44.9. The van der Waals surface area contributed by atoms with Gasteiger partial charge in [-0.2, -0.15) is 8.42 Å². The summed E-state index contributed by atoms with van der Waals surface area (Å²) in [6, 6.07) is -0.964. The molecule has 3 N–H and O–H groups in total. The van der Waals surface area contributed by atoms with Crippen molar-refractivity contribution in [3.8, 4) is 0 Å². The molecular formula is C43H87NO5S. The Bertz CT molecular complexity index is 805. The highest BCUT2D eigenvalue weighted by atomic mass is 32.2. The lowest BCUT2D eigenvalue weighted by atomic mass is 10.0. The monoisotopic (exact) mass is 730 g/mol. The molecule has 0 aliphatic heterocycles. The number of hydrogen-bond acceptors (Lipinski definition) is 4. The largest absolute Gasteiger partial charge is 0.391 e. The van der Waals surface area contributed by atoms with Crippen LogP contribution < -0.4 is 5.32 Å². The van der Waals surface area contributed by atoms with Crippen LogP contribution in [-0.4, -0.2) is 41.9 Å². The van der Waals surface area contributed by atoms with Crippen LogP contribution in [0.4, 0.5) is 0 Å². The molecule has 7 heteroatoms. The van der Waals surface area contributed by atoms with E-state index in [0.717, 1.165) is 38.5 Å². The highest BCUT2D eigenvalue weighted by Crippen LogP contribution is 2.17. The van der Waals surface area contributed by atoms with Gasteiger partial charge in [0.25, 0.3) is 10.1 Å². The van der Waals surface area contributed by atoms with Crippen molar-refractivity contribution in [2.45, 2.75) is 264 Å². The van der Waals surface area contributed by atoms with Crippen LogP contribution in [0.5, 0.6) is 0 Å². The molecular weight excluding hydrogens is 643 g/mol. The van der Waals surface area contributed by atoms with Gasteiger partial charge in [0.2, 0.25) is 5.91 Å². The van der Waals surface area contributed by atoms with Gasteiger partial charge >= 0.3 is 0 Å². The molecule has 50 heavy (non-hydrogen) atoms. The van der Waals surface area contributed by atoms with E-state index in [0.29, 0.717) is 12.8 Å². The van der Waals surface area contributed by atoms with Crippen LogP contribution in [0.2, 0.25) is 0 Å². The van der Waals surface area contributed by atoms with Crippen LogP contribution in [0.1, 0.15) is 251 Å². The molecule has 0 heterocycles. The molecule has 0 aliphatic carbocycles. The lowest BCUT2D eigenvalue weighted by molar-refractivity contribution is -0.122. The second-order valence-corrected chi connectivity index (χ2v) is 17.2. The third-order valence-corrected chi connectivity index (χ3v) is 11.3. The topological polar surface area (TPSA) is 104 Å². The van der Waals surface area contributed by atoms with Crippen molar-refractivity contribution in [1.82, 2.24) is 5.32 Å². The summed E-state index contributed by atoms with van der Waals surface area (Å²) in [5.74, 6) is -0.880. The first-order valence-electron chi connectivity index (χ1n) is 22.2. The van der Waals surface area contributed by atoms with E-state index in [9.17, 15) is 22.9 Å². The van der Waals surface area contributed by atoms with Crippen molar-refractivity contribution in [2.24, 2.45) is 0 Å². The molecule has 0 aliphatic rings. The second-order valence-electron chi connectivity index (χ2n) is 15.7. The Labute approximate surface area is 312 Å². The van der Waals surface area contributed by atoms with Gasteiger partial charge in [0, 0.05) is 6.42 Å². The molecule has 6 nitrogen and oxygen atoms in total. The Morgan fingerprint density at radius 1 is 0.460 bits per heavy atom. The Morgan fingerprint density at radius 3 is 1.00 bits per heavy atom. The highest BCUT2D eigenvalue weighted by molar-refractivity contribution is 7.85. The first kappa shape index (κ1) is 49.3. The van der Waals surface area contributed by atoms with Gasteiger partial charge in [-0.25, -0.2) is 0 Å². The van der Waals surface area contributed by atoms with Gasteiger partial charge in [-0.05, 0) is 12.8 Å². The number of unbranched alkanes of at least 4 members (excludes halogenated alkanes) is 33. The summed E-state index contributed by atoms with van der Waals surface area (Å²) in [4.78, 5) is 12.5. The van der Waals surface area contributed by atoms with Crippen molar-refractivity contribution in [1.29, 1.82) is 0 Å². The fourth-order valence-corrected chi connectivity index (χ4v) is 7.98. The van der Waals surface area contributed by atoms with Crippen LogP contribution in [0.15, 0.2) is 0 Å². The molecule has 0 saturated carbocycles. The van der Waals surface area contributed by atoms with E-state index in [4.69, 9.17) is 0 Å². The van der Waals surface area contributed by atoms with Crippen LogP contribution in [-0.2, 0) is 14.9 Å². The van der Waals surface area contributed by atoms with Gasteiger partial charge in [0.1, 0.15) is 0 Å². The van der Waals surface area contributed by atoms with Gasteiger partial charge < -0.3 is 10.4 Å². The zero-order chi connectivity index (χ0) is 36.8. The van der Waals surface area contributed by atoms with Crippen molar-refractivity contribution in [3.05, 3.63) is 0 Å². The summed E-state index contributed by atoms with van der Waals surface area (Å²) < 4.78 is 32.6. The minimum absolute atomic E-state index is 0.239. The molecule has 0 saturated heterocycles. The lowest BCUT2D eigenvalue weighted by Crippen LogP contribution is -2.47. The van der Waals surface area contributed by atoms with Gasteiger partial charge in [-0.3, -0.25) is 9.35 Å². The molecule has 0 aromatic heterocycles. The fraction of sp³-hybridized carbons (Fsp3) is 0.977. The zero-order valence-corrected chi connectivity index (χ0v) is 34.4. The third-order valence-electron chi connectivity index (χ3n) is 10.6. The molecule has 0 rings (SSSR count). The Kier molecular flexibility index (Phi) is 37.6. The van der Waals surface area contributed by atoms with Gasteiger partial charge in [-0.1, -0.05) is 232 Å². The molecule has 0 aromatic rings. The van der Waals surface area contributed by atoms with E-state index < -0.39 is 28.0 Å². The van der Waals surface area contributed by atoms with E-state index in [1.165, 1.54) is 186 Å². The summed E-state index contributed by atoms with van der Waals surface area (Å²) in [6.45, 7) is 4.54. The smallest absolute Gasteiger partial charge is 0.266 e. The first-order chi connectivity index (χ1) is 24.3. The Hall–Kier alpha value is -0.660. The molecule has 2 atom stereocenters. The number of aliphatic hydroxyl groups excluding tert-OH is 1. The quantitative estimate of drug-likeness (QED) is 0.0429. The maximum Gasteiger partial charge on any atom is 0.266 e. The number of hydrogen-bond donors (Lipinski definition) is 3. The second kappa shape index (κ2) is 38.1. The average Bonchev–Trinajstić information content (AvgIpc) is 3.08. The normalized spacial score (nSPS) is 13.1. The first-order valence-corrected chi connectivity index (χ1v) is 23.8. The predicted molar refractivity (Wildman–Crippen MR) is 217 cm³/mol. The van der Waals surface area contributed by atoms with E-state index in [-0.39, 0.29) is 5.91 Å². The maximum absolute atomic E-state index is 12.5. The van der Waals surface area contributed by atoms with Gasteiger partial charge in [0.05, 0.1) is 17.9 Å². The molecule has 2 unspecified atom stereocenters. The minimum Gasteiger partial charge on any atom is -0.391 e. The maximum atomic E-state index is 12.5. The molecule has 0 spiro atoms. The van der Waals surface area contributed by atoms with E-state index in [2.05, 4.69) is 19.2 Å². The highest BCUT2D eigenvalue weighted by Gasteiger charge is 2.26. The van der Waals surface area contributed by atoms with Gasteiger partial charge in [0.15, 0.2) is 0 Å². The molecule has 0 radical (unpaired) electrons. The molecule has 0 bridgehead atoms. The molecule has 0 fully saturated rings. The van der Waals surface area contributed by atoms with Crippen LogP contribution in [0.3, 0.4) is 0 Å². The van der Waals surface area contributed by atoms with Crippen LogP contribution >= 0.6 is 0 Å². The number of nitrogens with one attached hydrogen (secondary N) is 1. The average molecular weight is 730 g/mol. The van der Waals surface area contributed by atoms with Crippen molar-refractivity contribution in [2.75, 3.05) is 5.75 Å². The van der Waals surface area contributed by atoms with E-state index in [1.54, 1.807) is 0 Å². The standard InChI is InChI=1S/C43H87NO5S/c1-3-5-7-9-11-13-15-17-19-20-21-22-23-24-25-27-29-31-33-35-37-39-43(46)44-41(40-50(47,48)49)42(45)38-36-34-32-30-28-26-18-16-14-12-10-8-6-4-2/h41-42,45H,3-40H2,1-2H3,(H,44,46)(H,47,48,49). The molecule has 300 valence electrons. The number of amides is 1. The SMILES string of the molecule is CCCCCCCCCCCCCCCCCCCCCCCC(=O)NC(CS(=O)(=O)O)C(O)CCCCCCCCCCCCCCCC. The zero-order valence-electron chi connectivity index (χ0n) is 33.6. The minimum atomic E-state index is -4.30. The van der Waals surface area contributed by atoms with Crippen molar-refractivity contribution >= 4 is 16.0 Å². The Balaban J connectivity index is 3.75. The fourth-order valence-electron chi connectivity index (χ4n) is 7.22. The van der Waals surface area contributed by atoms with E-state index in [1.807, 2.05) is 0 Å². The lowest BCUT2D eigenvalue weighted by Gasteiger charge is -2.23. The number of aliphatic hydroxyl groups is 1. The molecule has 1 amide bonds. The van der Waals surface area contributed by atoms with Crippen LogP contribution in [0, 0.1) is 0 Å². The number of carbonyl (C=O) groups is 1. The van der Waals surface area contributed by atoms with Gasteiger partial charge in [-0.15, -0.1) is 0 Å². The summed E-state index contributed by atoms with van der Waals surface area (Å²) in [5.41, 5.74) is 0. The summed E-state index contributed by atoms with van der Waals surface area (Å²) >= 11 is 0. The third kappa shape index (κ3) is 38.6. The summed E-state index contributed by atoms with van der Waals surface area (Å²) in [5, 5.41) is 13.4. The summed E-state index contributed by atoms with van der Waals surface area (Å²) in [7, 11) is -4.30.